The molecule has 3 rings (SSSR count). The number of nitrogens with zero attached hydrogens (tertiary/aromatic N) is 1. The number of amides is 1. The van der Waals surface area contributed by atoms with Crippen LogP contribution in [-0.2, 0) is 6.42 Å². The molecule has 2 aliphatic heterocycles. The maximum Gasteiger partial charge on any atom is 0.253 e. The van der Waals surface area contributed by atoms with Crippen LogP contribution in [0.3, 0.4) is 0 Å². The van der Waals surface area contributed by atoms with Gasteiger partial charge in [0.25, 0.3) is 5.91 Å². The maximum atomic E-state index is 12.3. The smallest absolute Gasteiger partial charge is 0.253 e. The molecule has 96 valence electrons. The van der Waals surface area contributed by atoms with Crippen LogP contribution >= 0.6 is 0 Å². The van der Waals surface area contributed by atoms with E-state index in [9.17, 15) is 4.79 Å². The van der Waals surface area contributed by atoms with Gasteiger partial charge in [0.05, 0.1) is 12.1 Å². The van der Waals surface area contributed by atoms with Crippen molar-refractivity contribution in [1.82, 2.24) is 4.90 Å². The maximum absolute atomic E-state index is 12.3. The van der Waals surface area contributed by atoms with Crippen molar-refractivity contribution in [2.75, 3.05) is 19.7 Å². The van der Waals surface area contributed by atoms with Crippen molar-refractivity contribution in [3.63, 3.8) is 0 Å². The summed E-state index contributed by atoms with van der Waals surface area (Å²) in [5.74, 6) is 0.996. The SMILES string of the molecule is CCC1(N)CN(C(=O)c2ccc3c(c2)CCO3)C1. The Kier molecular flexibility index (Phi) is 2.55. The van der Waals surface area contributed by atoms with E-state index in [1.165, 1.54) is 0 Å². The Bertz CT molecular complexity index is 493. The minimum absolute atomic E-state index is 0.0826. The molecule has 2 N–H and O–H groups in total. The predicted octanol–water partition coefficient (Wildman–Crippen LogP) is 1.18. The Morgan fingerprint density at radius 1 is 1.50 bits per heavy atom. The van der Waals surface area contributed by atoms with Gasteiger partial charge in [-0.1, -0.05) is 6.92 Å². The van der Waals surface area contributed by atoms with Gasteiger partial charge in [-0.05, 0) is 30.2 Å². The van der Waals surface area contributed by atoms with E-state index < -0.39 is 0 Å². The van der Waals surface area contributed by atoms with Gasteiger partial charge in [-0.25, -0.2) is 0 Å². The van der Waals surface area contributed by atoms with Crippen LogP contribution in [0.15, 0.2) is 18.2 Å². The van der Waals surface area contributed by atoms with Crippen LogP contribution < -0.4 is 10.5 Å². The molecule has 1 aromatic rings. The second kappa shape index (κ2) is 3.99. The van der Waals surface area contributed by atoms with Crippen LogP contribution in [0.4, 0.5) is 0 Å². The summed E-state index contributed by atoms with van der Waals surface area (Å²) in [5, 5.41) is 0. The number of rotatable bonds is 2. The van der Waals surface area contributed by atoms with E-state index in [4.69, 9.17) is 10.5 Å². The Hall–Kier alpha value is -1.55. The molecule has 1 aromatic carbocycles. The minimum Gasteiger partial charge on any atom is -0.493 e. The fraction of sp³-hybridized carbons (Fsp3) is 0.500. The van der Waals surface area contributed by atoms with Crippen molar-refractivity contribution in [2.45, 2.75) is 25.3 Å². The van der Waals surface area contributed by atoms with Crippen molar-refractivity contribution in [3.8, 4) is 5.75 Å². The third-order valence-electron chi connectivity index (χ3n) is 3.94. The summed E-state index contributed by atoms with van der Waals surface area (Å²) in [5.41, 5.74) is 7.80. The van der Waals surface area contributed by atoms with Gasteiger partial charge < -0.3 is 15.4 Å². The molecule has 0 radical (unpaired) electrons. The first-order valence-corrected chi connectivity index (χ1v) is 6.45. The van der Waals surface area contributed by atoms with Crippen LogP contribution in [0.1, 0.15) is 29.3 Å². The Labute approximate surface area is 107 Å². The van der Waals surface area contributed by atoms with Crippen LogP contribution in [0.2, 0.25) is 0 Å². The van der Waals surface area contributed by atoms with Gasteiger partial charge in [-0.2, -0.15) is 0 Å². The molecular formula is C14H18N2O2. The highest BCUT2D eigenvalue weighted by Gasteiger charge is 2.40. The number of ether oxygens (including phenoxy) is 1. The molecule has 1 fully saturated rings. The van der Waals surface area contributed by atoms with E-state index in [1.807, 2.05) is 23.1 Å². The zero-order chi connectivity index (χ0) is 12.8. The van der Waals surface area contributed by atoms with Crippen molar-refractivity contribution in [2.24, 2.45) is 5.73 Å². The molecule has 2 aliphatic rings. The lowest BCUT2D eigenvalue weighted by Gasteiger charge is -2.47. The number of nitrogens with two attached hydrogens (primary N) is 1. The van der Waals surface area contributed by atoms with Gasteiger partial charge in [0, 0.05) is 25.1 Å². The first kappa shape index (κ1) is 11.5. The summed E-state index contributed by atoms with van der Waals surface area (Å²) >= 11 is 0. The zero-order valence-corrected chi connectivity index (χ0v) is 10.6. The summed E-state index contributed by atoms with van der Waals surface area (Å²) < 4.78 is 5.44. The Morgan fingerprint density at radius 2 is 2.28 bits per heavy atom. The lowest BCUT2D eigenvalue weighted by molar-refractivity contribution is 0.0401. The van der Waals surface area contributed by atoms with Crippen molar-refractivity contribution in [3.05, 3.63) is 29.3 Å². The highest BCUT2D eigenvalue weighted by molar-refractivity contribution is 5.95. The number of hydrogen-bond donors (Lipinski definition) is 1. The molecule has 0 bridgehead atoms. The van der Waals surface area contributed by atoms with Gasteiger partial charge in [-0.3, -0.25) is 4.79 Å². The molecule has 1 saturated heterocycles. The zero-order valence-electron chi connectivity index (χ0n) is 10.6. The van der Waals surface area contributed by atoms with Crippen LogP contribution in [0.5, 0.6) is 5.75 Å². The molecule has 18 heavy (non-hydrogen) atoms. The van der Waals surface area contributed by atoms with E-state index in [2.05, 4.69) is 6.92 Å². The van der Waals surface area contributed by atoms with E-state index in [0.717, 1.165) is 36.3 Å². The second-order valence-corrected chi connectivity index (χ2v) is 5.30. The van der Waals surface area contributed by atoms with E-state index in [1.54, 1.807) is 0 Å². The van der Waals surface area contributed by atoms with Gasteiger partial charge in [0.2, 0.25) is 0 Å². The normalized spacial score (nSPS) is 20.0. The number of benzene rings is 1. The molecule has 0 aliphatic carbocycles. The lowest BCUT2D eigenvalue weighted by atomic mass is 9.87. The van der Waals surface area contributed by atoms with E-state index in [0.29, 0.717) is 13.1 Å². The Morgan fingerprint density at radius 3 is 3.00 bits per heavy atom. The van der Waals surface area contributed by atoms with E-state index >= 15 is 0 Å². The highest BCUT2D eigenvalue weighted by atomic mass is 16.5. The summed E-state index contributed by atoms with van der Waals surface area (Å²) in [6.07, 6.45) is 1.81. The van der Waals surface area contributed by atoms with Gasteiger partial charge in [0.15, 0.2) is 0 Å². The van der Waals surface area contributed by atoms with Crippen LogP contribution in [0, 0.1) is 0 Å². The first-order chi connectivity index (χ1) is 8.61. The molecule has 4 nitrogen and oxygen atoms in total. The van der Waals surface area contributed by atoms with Crippen molar-refractivity contribution in [1.29, 1.82) is 0 Å². The molecule has 0 atom stereocenters. The predicted molar refractivity (Wildman–Crippen MR) is 68.8 cm³/mol. The number of hydrogen-bond acceptors (Lipinski definition) is 3. The fourth-order valence-electron chi connectivity index (χ4n) is 2.58. The summed E-state index contributed by atoms with van der Waals surface area (Å²) in [7, 11) is 0. The molecule has 0 spiro atoms. The highest BCUT2D eigenvalue weighted by Crippen LogP contribution is 2.28. The Balaban J connectivity index is 1.74. The third-order valence-corrected chi connectivity index (χ3v) is 3.94. The largest absolute Gasteiger partial charge is 0.493 e. The summed E-state index contributed by atoms with van der Waals surface area (Å²) in [4.78, 5) is 14.1. The van der Waals surface area contributed by atoms with Crippen molar-refractivity contribution < 1.29 is 9.53 Å². The number of carbonyl (C=O) groups excluding carboxylic acids is 1. The van der Waals surface area contributed by atoms with Crippen LogP contribution in [-0.4, -0.2) is 36.0 Å². The lowest BCUT2D eigenvalue weighted by Crippen LogP contribution is -2.68. The van der Waals surface area contributed by atoms with Gasteiger partial charge in [-0.15, -0.1) is 0 Å². The summed E-state index contributed by atoms with van der Waals surface area (Å²) in [6, 6.07) is 5.69. The molecular weight excluding hydrogens is 228 g/mol. The topological polar surface area (TPSA) is 55.6 Å². The monoisotopic (exact) mass is 246 g/mol. The first-order valence-electron chi connectivity index (χ1n) is 6.45. The number of fused-ring (bicyclic) bond motifs is 1. The minimum atomic E-state index is -0.171. The molecule has 0 unspecified atom stereocenters. The van der Waals surface area contributed by atoms with Gasteiger partial charge >= 0.3 is 0 Å². The van der Waals surface area contributed by atoms with Gasteiger partial charge in [0.1, 0.15) is 5.75 Å². The third kappa shape index (κ3) is 1.77. The number of likely N-dealkylation sites (tertiary alicyclic amines) is 1. The molecule has 1 amide bonds. The second-order valence-electron chi connectivity index (χ2n) is 5.30. The molecule has 0 aromatic heterocycles. The average molecular weight is 246 g/mol. The standard InChI is InChI=1S/C14H18N2O2/c1-2-14(15)8-16(9-14)13(17)11-3-4-12-10(7-11)5-6-18-12/h3-4,7H,2,5-6,8-9,15H2,1H3. The molecule has 4 heteroatoms. The fourth-order valence-corrected chi connectivity index (χ4v) is 2.58. The van der Waals surface area contributed by atoms with Crippen molar-refractivity contribution >= 4 is 5.91 Å². The average Bonchev–Trinajstić information content (AvgIpc) is 2.81. The summed E-state index contributed by atoms with van der Waals surface area (Å²) in [6.45, 7) is 4.11. The quantitative estimate of drug-likeness (QED) is 0.852. The molecule has 2 heterocycles. The van der Waals surface area contributed by atoms with E-state index in [-0.39, 0.29) is 11.4 Å². The molecule has 0 saturated carbocycles. The number of carbonyl (C=O) groups is 1. The van der Waals surface area contributed by atoms with Crippen LogP contribution in [0.25, 0.3) is 0 Å².